The number of esters is 1. The second-order valence-corrected chi connectivity index (χ2v) is 3.28. The van der Waals surface area contributed by atoms with E-state index >= 15 is 0 Å². The Hall–Kier alpha value is -1.84. The zero-order valence-electron chi connectivity index (χ0n) is 9.23. The SMILES string of the molecule is CCC(=O)OCC(=O)NCc1ccccc1. The molecule has 0 saturated carbocycles. The van der Waals surface area contributed by atoms with Gasteiger partial charge in [-0.2, -0.15) is 0 Å². The minimum atomic E-state index is -0.366. The molecule has 0 atom stereocenters. The standard InChI is InChI=1S/C12H15NO3/c1-2-12(15)16-9-11(14)13-8-10-6-4-3-5-7-10/h3-7H,2,8-9H2,1H3,(H,13,14). The zero-order valence-corrected chi connectivity index (χ0v) is 9.23. The van der Waals surface area contributed by atoms with Crippen LogP contribution in [0.25, 0.3) is 0 Å². The number of nitrogens with one attached hydrogen (secondary N) is 1. The summed E-state index contributed by atoms with van der Waals surface area (Å²) in [7, 11) is 0. The van der Waals surface area contributed by atoms with Crippen molar-refractivity contribution in [3.8, 4) is 0 Å². The van der Waals surface area contributed by atoms with E-state index in [2.05, 4.69) is 5.32 Å². The van der Waals surface area contributed by atoms with Crippen molar-refractivity contribution in [2.45, 2.75) is 19.9 Å². The Bertz CT molecular complexity index is 349. The molecule has 0 radical (unpaired) electrons. The van der Waals surface area contributed by atoms with Crippen molar-refractivity contribution in [3.05, 3.63) is 35.9 Å². The van der Waals surface area contributed by atoms with Crippen molar-refractivity contribution < 1.29 is 14.3 Å². The maximum atomic E-state index is 11.2. The molecule has 0 aliphatic carbocycles. The van der Waals surface area contributed by atoms with Crippen molar-refractivity contribution in [3.63, 3.8) is 0 Å². The number of rotatable bonds is 5. The fraction of sp³-hybridized carbons (Fsp3) is 0.333. The largest absolute Gasteiger partial charge is 0.456 e. The van der Waals surface area contributed by atoms with E-state index < -0.39 is 0 Å². The summed E-state index contributed by atoms with van der Waals surface area (Å²) in [5.41, 5.74) is 1.01. The van der Waals surface area contributed by atoms with Crippen LogP contribution in [0, 0.1) is 0 Å². The smallest absolute Gasteiger partial charge is 0.306 e. The van der Waals surface area contributed by atoms with Crippen LogP contribution in [-0.2, 0) is 20.9 Å². The highest BCUT2D eigenvalue weighted by molar-refractivity contribution is 5.80. The summed E-state index contributed by atoms with van der Waals surface area (Å²) in [6, 6.07) is 9.54. The molecule has 1 aromatic rings. The average Bonchev–Trinajstić information content (AvgIpc) is 2.34. The van der Waals surface area contributed by atoms with Gasteiger partial charge >= 0.3 is 5.97 Å². The summed E-state index contributed by atoms with van der Waals surface area (Å²) in [6.45, 7) is 1.92. The highest BCUT2D eigenvalue weighted by Crippen LogP contribution is 1.96. The highest BCUT2D eigenvalue weighted by Gasteiger charge is 2.04. The second kappa shape index (κ2) is 6.61. The number of carbonyl (C=O) groups excluding carboxylic acids is 2. The zero-order chi connectivity index (χ0) is 11.8. The molecule has 4 nitrogen and oxygen atoms in total. The van der Waals surface area contributed by atoms with Gasteiger partial charge in [0, 0.05) is 13.0 Å². The Morgan fingerprint density at radius 1 is 1.25 bits per heavy atom. The predicted octanol–water partition coefficient (Wildman–Crippen LogP) is 1.26. The lowest BCUT2D eigenvalue weighted by atomic mass is 10.2. The van der Waals surface area contributed by atoms with Crippen molar-refractivity contribution in [1.82, 2.24) is 5.32 Å². The first-order chi connectivity index (χ1) is 7.72. The van der Waals surface area contributed by atoms with Crippen molar-refractivity contribution >= 4 is 11.9 Å². The number of benzene rings is 1. The summed E-state index contributed by atoms with van der Waals surface area (Å²) in [5.74, 6) is -0.652. The number of carbonyl (C=O) groups is 2. The Kier molecular flexibility index (Phi) is 5.05. The minimum absolute atomic E-state index is 0.209. The van der Waals surface area contributed by atoms with Gasteiger partial charge in [0.1, 0.15) is 0 Å². The van der Waals surface area contributed by atoms with E-state index in [9.17, 15) is 9.59 Å². The predicted molar refractivity (Wildman–Crippen MR) is 59.5 cm³/mol. The van der Waals surface area contributed by atoms with Crippen LogP contribution in [0.15, 0.2) is 30.3 Å². The molecular weight excluding hydrogens is 206 g/mol. The molecule has 0 heterocycles. The molecule has 1 aromatic carbocycles. The quantitative estimate of drug-likeness (QED) is 0.761. The van der Waals surface area contributed by atoms with Crippen LogP contribution in [0.1, 0.15) is 18.9 Å². The Labute approximate surface area is 94.6 Å². The molecule has 0 aromatic heterocycles. The Morgan fingerprint density at radius 2 is 1.94 bits per heavy atom. The van der Waals surface area contributed by atoms with Crippen LogP contribution in [0.4, 0.5) is 0 Å². The van der Waals surface area contributed by atoms with E-state index in [0.29, 0.717) is 6.54 Å². The summed E-state index contributed by atoms with van der Waals surface area (Å²) in [4.78, 5) is 22.0. The van der Waals surface area contributed by atoms with Gasteiger partial charge in [0.05, 0.1) is 0 Å². The molecule has 1 amide bonds. The molecule has 86 valence electrons. The van der Waals surface area contributed by atoms with Gasteiger partial charge in [0.15, 0.2) is 6.61 Å². The van der Waals surface area contributed by atoms with E-state index in [-0.39, 0.29) is 24.9 Å². The summed E-state index contributed by atoms with van der Waals surface area (Å²) < 4.78 is 4.69. The van der Waals surface area contributed by atoms with Gasteiger partial charge in [-0.3, -0.25) is 9.59 Å². The molecule has 0 bridgehead atoms. The molecule has 4 heteroatoms. The van der Waals surface area contributed by atoms with Gasteiger partial charge in [-0.15, -0.1) is 0 Å². The van der Waals surface area contributed by atoms with Crippen LogP contribution in [0.3, 0.4) is 0 Å². The first kappa shape index (κ1) is 12.2. The Morgan fingerprint density at radius 3 is 2.56 bits per heavy atom. The van der Waals surface area contributed by atoms with E-state index in [0.717, 1.165) is 5.56 Å². The van der Waals surface area contributed by atoms with Crippen LogP contribution < -0.4 is 5.32 Å². The summed E-state index contributed by atoms with van der Waals surface area (Å²) in [5, 5.41) is 2.66. The maximum absolute atomic E-state index is 11.2. The van der Waals surface area contributed by atoms with Gasteiger partial charge in [0.2, 0.25) is 0 Å². The molecule has 0 spiro atoms. The monoisotopic (exact) mass is 221 g/mol. The number of amides is 1. The third-order valence-corrected chi connectivity index (χ3v) is 1.99. The second-order valence-electron chi connectivity index (χ2n) is 3.28. The first-order valence-electron chi connectivity index (χ1n) is 5.18. The van der Waals surface area contributed by atoms with Gasteiger partial charge < -0.3 is 10.1 Å². The van der Waals surface area contributed by atoms with Gasteiger partial charge in [0.25, 0.3) is 5.91 Å². The minimum Gasteiger partial charge on any atom is -0.456 e. The fourth-order valence-corrected chi connectivity index (χ4v) is 1.10. The average molecular weight is 221 g/mol. The summed E-state index contributed by atoms with van der Waals surface area (Å²) >= 11 is 0. The molecule has 1 rings (SSSR count). The van der Waals surface area contributed by atoms with Gasteiger partial charge in [-0.05, 0) is 5.56 Å². The molecule has 0 aliphatic heterocycles. The van der Waals surface area contributed by atoms with Crippen LogP contribution in [-0.4, -0.2) is 18.5 Å². The first-order valence-corrected chi connectivity index (χ1v) is 5.18. The van der Waals surface area contributed by atoms with Crippen molar-refractivity contribution in [2.24, 2.45) is 0 Å². The van der Waals surface area contributed by atoms with E-state index in [1.54, 1.807) is 6.92 Å². The number of hydrogen-bond acceptors (Lipinski definition) is 3. The molecule has 1 N–H and O–H groups in total. The fourth-order valence-electron chi connectivity index (χ4n) is 1.10. The normalized spacial score (nSPS) is 9.56. The van der Waals surface area contributed by atoms with Crippen LogP contribution in [0.2, 0.25) is 0 Å². The van der Waals surface area contributed by atoms with Gasteiger partial charge in [-0.25, -0.2) is 0 Å². The van der Waals surface area contributed by atoms with E-state index in [1.165, 1.54) is 0 Å². The lowest BCUT2D eigenvalue weighted by Crippen LogP contribution is -2.28. The third kappa shape index (κ3) is 4.59. The Balaban J connectivity index is 2.23. The van der Waals surface area contributed by atoms with Crippen LogP contribution >= 0.6 is 0 Å². The van der Waals surface area contributed by atoms with Crippen LogP contribution in [0.5, 0.6) is 0 Å². The van der Waals surface area contributed by atoms with Gasteiger partial charge in [-0.1, -0.05) is 37.3 Å². The van der Waals surface area contributed by atoms with Crippen molar-refractivity contribution in [1.29, 1.82) is 0 Å². The topological polar surface area (TPSA) is 55.4 Å². The molecular formula is C12H15NO3. The molecule has 0 unspecified atom stereocenters. The van der Waals surface area contributed by atoms with E-state index in [4.69, 9.17) is 4.74 Å². The molecule has 0 saturated heterocycles. The molecule has 0 fully saturated rings. The maximum Gasteiger partial charge on any atom is 0.306 e. The van der Waals surface area contributed by atoms with Crippen molar-refractivity contribution in [2.75, 3.05) is 6.61 Å². The number of hydrogen-bond donors (Lipinski definition) is 1. The van der Waals surface area contributed by atoms with E-state index in [1.807, 2.05) is 30.3 Å². The lowest BCUT2D eigenvalue weighted by molar-refractivity contribution is -0.148. The number of ether oxygens (including phenoxy) is 1. The molecule has 0 aliphatic rings. The molecule has 16 heavy (non-hydrogen) atoms. The lowest BCUT2D eigenvalue weighted by Gasteiger charge is -2.05. The third-order valence-electron chi connectivity index (χ3n) is 1.99. The summed E-state index contributed by atoms with van der Waals surface area (Å²) in [6.07, 6.45) is 0.284. The highest BCUT2D eigenvalue weighted by atomic mass is 16.5.